The molecule has 10 heteroatoms. The minimum Gasteiger partial charge on any atom is -0.497 e. The van der Waals surface area contributed by atoms with Gasteiger partial charge in [-0.3, -0.25) is 14.5 Å². The second kappa shape index (κ2) is 14.8. The highest BCUT2D eigenvalue weighted by molar-refractivity contribution is 8.18. The number of benzene rings is 4. The average Bonchev–Trinajstić information content (AvgIpc) is 3.31. The second-order valence-electron chi connectivity index (χ2n) is 10.0. The highest BCUT2D eigenvalue weighted by Crippen LogP contribution is 2.40. The van der Waals surface area contributed by atoms with Crippen LogP contribution in [0.15, 0.2) is 101 Å². The molecule has 230 valence electrons. The fraction of sp³-hybridized carbons (Fsp3) is 0.171. The molecule has 0 aliphatic carbocycles. The van der Waals surface area contributed by atoms with E-state index in [1.165, 1.54) is 11.8 Å². The molecule has 1 fully saturated rings. The number of nitrogens with zero attached hydrogens (tertiary/aromatic N) is 2. The molecule has 1 aliphatic rings. The van der Waals surface area contributed by atoms with Crippen LogP contribution >= 0.6 is 23.4 Å². The van der Waals surface area contributed by atoms with Gasteiger partial charge in [0.15, 0.2) is 23.3 Å². The highest BCUT2D eigenvalue weighted by atomic mass is 35.5. The topological polar surface area (TPSA) is 89.5 Å². The van der Waals surface area contributed by atoms with E-state index in [1.807, 2.05) is 92.7 Å². The van der Waals surface area contributed by atoms with Gasteiger partial charge < -0.3 is 19.5 Å². The van der Waals surface area contributed by atoms with Gasteiger partial charge in [0, 0.05) is 5.69 Å². The van der Waals surface area contributed by atoms with E-state index in [9.17, 15) is 9.59 Å². The van der Waals surface area contributed by atoms with Crippen LogP contribution in [0.2, 0.25) is 5.02 Å². The number of anilines is 1. The van der Waals surface area contributed by atoms with Gasteiger partial charge in [-0.15, -0.1) is 0 Å². The maximum Gasteiger partial charge on any atom is 0.267 e. The molecule has 0 radical (unpaired) electrons. The molecule has 2 amide bonds. The van der Waals surface area contributed by atoms with E-state index in [2.05, 4.69) is 5.32 Å². The molecule has 0 saturated carbocycles. The van der Waals surface area contributed by atoms with Crippen LogP contribution in [0.1, 0.15) is 23.6 Å². The Kier molecular flexibility index (Phi) is 10.4. The summed E-state index contributed by atoms with van der Waals surface area (Å²) in [4.78, 5) is 33.2. The summed E-state index contributed by atoms with van der Waals surface area (Å²) in [6, 6.07) is 28.0. The lowest BCUT2D eigenvalue weighted by atomic mass is 10.1. The summed E-state index contributed by atoms with van der Waals surface area (Å²) in [7, 11) is 1.61. The van der Waals surface area contributed by atoms with Crippen molar-refractivity contribution in [1.82, 2.24) is 4.90 Å². The number of nitrogens with one attached hydrogen (secondary N) is 1. The predicted molar refractivity (Wildman–Crippen MR) is 181 cm³/mol. The first kappa shape index (κ1) is 31.7. The number of amides is 2. The number of methoxy groups -OCH3 is 1. The van der Waals surface area contributed by atoms with Gasteiger partial charge in [0.1, 0.15) is 5.75 Å². The lowest BCUT2D eigenvalue weighted by Crippen LogP contribution is -2.28. The van der Waals surface area contributed by atoms with Gasteiger partial charge in [0.2, 0.25) is 0 Å². The molecule has 4 aromatic rings. The molecule has 0 aromatic heterocycles. The monoisotopic (exact) mass is 641 g/mol. The number of aryl methyl sites for hydroxylation is 1. The van der Waals surface area contributed by atoms with Crippen molar-refractivity contribution < 1.29 is 23.8 Å². The first-order chi connectivity index (χ1) is 21.8. The lowest BCUT2D eigenvalue weighted by molar-refractivity contribution is -0.122. The molecule has 1 heterocycles. The van der Waals surface area contributed by atoms with E-state index in [0.29, 0.717) is 40.2 Å². The number of hydrogen-bond acceptors (Lipinski definition) is 7. The molecule has 0 atom stereocenters. The maximum atomic E-state index is 13.7. The molecular formula is C35H32ClN3O5S. The normalized spacial score (nSPS) is 14.6. The fourth-order valence-electron chi connectivity index (χ4n) is 4.45. The van der Waals surface area contributed by atoms with Crippen LogP contribution in [0, 0.1) is 6.92 Å². The Bertz CT molecular complexity index is 1730. The summed E-state index contributed by atoms with van der Waals surface area (Å²) in [6.07, 6.45) is 1.75. The SMILES string of the molecule is CCOc1cc(/C=C2\SC(=Nc3ccccc3)N(Cc3ccc(OC)cc3)C2=O)cc(Cl)c1OCC(=O)Nc1ccc(C)cc1. The molecule has 0 spiro atoms. The third kappa shape index (κ3) is 8.26. The third-order valence-electron chi connectivity index (χ3n) is 6.68. The van der Waals surface area contributed by atoms with Crippen molar-refractivity contribution in [3.63, 3.8) is 0 Å². The number of rotatable bonds is 11. The molecule has 1 N–H and O–H groups in total. The van der Waals surface area contributed by atoms with Gasteiger partial charge in [-0.05, 0) is 91.3 Å². The van der Waals surface area contributed by atoms with Crippen LogP contribution in [0.5, 0.6) is 17.2 Å². The largest absolute Gasteiger partial charge is 0.497 e. The molecule has 0 unspecified atom stereocenters. The first-order valence-corrected chi connectivity index (χ1v) is 15.5. The second-order valence-corrected chi connectivity index (χ2v) is 11.5. The number of hydrogen-bond donors (Lipinski definition) is 1. The van der Waals surface area contributed by atoms with Gasteiger partial charge in [-0.25, -0.2) is 4.99 Å². The molecular weight excluding hydrogens is 610 g/mol. The van der Waals surface area contributed by atoms with Crippen LogP contribution in [0.25, 0.3) is 6.08 Å². The number of ether oxygens (including phenoxy) is 3. The van der Waals surface area contributed by atoms with Crippen molar-refractivity contribution >= 4 is 57.8 Å². The Morgan fingerprint density at radius 1 is 1.00 bits per heavy atom. The lowest BCUT2D eigenvalue weighted by Gasteiger charge is -2.16. The van der Waals surface area contributed by atoms with Crippen molar-refractivity contribution in [2.75, 3.05) is 25.6 Å². The van der Waals surface area contributed by atoms with Gasteiger partial charge in [0.05, 0.1) is 35.9 Å². The summed E-state index contributed by atoms with van der Waals surface area (Å²) < 4.78 is 16.9. The zero-order valence-corrected chi connectivity index (χ0v) is 26.7. The Hall–Kier alpha value is -4.73. The predicted octanol–water partition coefficient (Wildman–Crippen LogP) is 7.88. The van der Waals surface area contributed by atoms with Crippen LogP contribution in [0.3, 0.4) is 0 Å². The number of amidine groups is 1. The van der Waals surface area contributed by atoms with E-state index in [0.717, 1.165) is 22.6 Å². The van der Waals surface area contributed by atoms with Crippen molar-refractivity contribution in [2.24, 2.45) is 4.99 Å². The maximum absolute atomic E-state index is 13.7. The summed E-state index contributed by atoms with van der Waals surface area (Å²) in [5, 5.41) is 3.61. The quantitative estimate of drug-likeness (QED) is 0.168. The minimum atomic E-state index is -0.335. The van der Waals surface area contributed by atoms with Crippen molar-refractivity contribution in [1.29, 1.82) is 0 Å². The third-order valence-corrected chi connectivity index (χ3v) is 7.97. The zero-order chi connectivity index (χ0) is 31.8. The highest BCUT2D eigenvalue weighted by Gasteiger charge is 2.33. The van der Waals surface area contributed by atoms with E-state index in [1.54, 1.807) is 30.2 Å². The van der Waals surface area contributed by atoms with Crippen molar-refractivity contribution in [3.8, 4) is 17.2 Å². The molecule has 8 nitrogen and oxygen atoms in total. The Balaban J connectivity index is 1.38. The summed E-state index contributed by atoms with van der Waals surface area (Å²) in [5.74, 6) is 0.827. The molecule has 45 heavy (non-hydrogen) atoms. The fourth-order valence-corrected chi connectivity index (χ4v) is 5.73. The van der Waals surface area contributed by atoms with Crippen molar-refractivity contribution in [3.05, 3.63) is 118 Å². The van der Waals surface area contributed by atoms with Crippen LogP contribution in [-0.2, 0) is 16.1 Å². The molecule has 0 bridgehead atoms. The van der Waals surface area contributed by atoms with Crippen molar-refractivity contribution in [2.45, 2.75) is 20.4 Å². The first-order valence-electron chi connectivity index (χ1n) is 14.3. The van der Waals surface area contributed by atoms with E-state index in [-0.39, 0.29) is 29.2 Å². The van der Waals surface area contributed by atoms with Crippen LogP contribution in [0.4, 0.5) is 11.4 Å². The Labute approximate surface area is 271 Å². The van der Waals surface area contributed by atoms with E-state index in [4.69, 9.17) is 30.8 Å². The summed E-state index contributed by atoms with van der Waals surface area (Å²) in [5.41, 5.74) is 4.07. The van der Waals surface area contributed by atoms with Gasteiger partial charge in [0.25, 0.3) is 11.8 Å². The van der Waals surface area contributed by atoms with Crippen LogP contribution in [-0.4, -0.2) is 42.2 Å². The standard InChI is InChI=1S/C35H32ClN3O5S/c1-4-43-30-19-25(18-29(36)33(30)44-22-32(40)37-27-14-10-23(2)11-15-27)20-31-34(41)39(21-24-12-16-28(42-3)17-13-24)35(45-31)38-26-8-6-5-7-9-26/h5-20H,4,21-22H2,1-3H3,(H,37,40)/b31-20-,38-35?. The van der Waals surface area contributed by atoms with E-state index < -0.39 is 0 Å². The molecule has 1 aliphatic heterocycles. The minimum absolute atomic E-state index is 0.187. The zero-order valence-electron chi connectivity index (χ0n) is 25.1. The van der Waals surface area contributed by atoms with Gasteiger partial charge in [-0.2, -0.15) is 0 Å². The number of carbonyl (C=O) groups is 2. The Morgan fingerprint density at radius 3 is 2.42 bits per heavy atom. The van der Waals surface area contributed by atoms with Gasteiger partial charge >= 0.3 is 0 Å². The van der Waals surface area contributed by atoms with Crippen LogP contribution < -0.4 is 19.5 Å². The average molecular weight is 642 g/mol. The summed E-state index contributed by atoms with van der Waals surface area (Å²) in [6.45, 7) is 4.23. The van der Waals surface area contributed by atoms with E-state index >= 15 is 0 Å². The number of aliphatic imine (C=N–C) groups is 1. The molecule has 5 rings (SSSR count). The molecule has 4 aromatic carbocycles. The molecule has 1 saturated heterocycles. The smallest absolute Gasteiger partial charge is 0.267 e. The summed E-state index contributed by atoms with van der Waals surface area (Å²) >= 11 is 7.93. The number of halogens is 1. The number of carbonyl (C=O) groups excluding carboxylic acids is 2. The Morgan fingerprint density at radius 2 is 1.73 bits per heavy atom. The van der Waals surface area contributed by atoms with Gasteiger partial charge in [-0.1, -0.05) is 59.6 Å². The number of para-hydroxylation sites is 1. The number of thioether (sulfide) groups is 1.